The van der Waals surface area contributed by atoms with E-state index in [0.29, 0.717) is 12.2 Å². The number of piperidine rings is 1. The Balaban J connectivity index is 1.57. The first-order valence-corrected chi connectivity index (χ1v) is 9.17. The number of aromatic nitrogens is 3. The van der Waals surface area contributed by atoms with Crippen molar-refractivity contribution in [2.24, 2.45) is 12.8 Å². The van der Waals surface area contributed by atoms with Gasteiger partial charge in [0.05, 0.1) is 0 Å². The van der Waals surface area contributed by atoms with Gasteiger partial charge in [-0.05, 0) is 25.0 Å². The molecule has 7 heteroatoms. The SMILES string of the molecule is Cn1c(C(=O)N2CCC[C@H](c3nccn3CC(N)=O)C2)cc2ccccc21. The summed E-state index contributed by atoms with van der Waals surface area (Å²) in [4.78, 5) is 30.8. The second-order valence-corrected chi connectivity index (χ2v) is 7.12. The van der Waals surface area contributed by atoms with E-state index in [0.717, 1.165) is 36.1 Å². The van der Waals surface area contributed by atoms with Gasteiger partial charge in [-0.2, -0.15) is 0 Å². The summed E-state index contributed by atoms with van der Waals surface area (Å²) in [6, 6.07) is 9.95. The number of para-hydroxylation sites is 1. The summed E-state index contributed by atoms with van der Waals surface area (Å²) >= 11 is 0. The average Bonchev–Trinajstić information content (AvgIpc) is 3.26. The Bertz CT molecular complexity index is 1000. The molecule has 140 valence electrons. The fourth-order valence-corrected chi connectivity index (χ4v) is 4.01. The lowest BCUT2D eigenvalue weighted by Crippen LogP contribution is -2.40. The Morgan fingerprint density at radius 2 is 2.11 bits per heavy atom. The third-order valence-electron chi connectivity index (χ3n) is 5.32. The van der Waals surface area contributed by atoms with Crippen molar-refractivity contribution in [2.45, 2.75) is 25.3 Å². The lowest BCUT2D eigenvalue weighted by atomic mass is 9.96. The second-order valence-electron chi connectivity index (χ2n) is 7.12. The number of amides is 2. The summed E-state index contributed by atoms with van der Waals surface area (Å²) in [5.41, 5.74) is 7.07. The van der Waals surface area contributed by atoms with E-state index in [1.54, 1.807) is 17.0 Å². The van der Waals surface area contributed by atoms with Gasteiger partial charge in [-0.15, -0.1) is 0 Å². The fraction of sp³-hybridized carbons (Fsp3) is 0.350. The van der Waals surface area contributed by atoms with Crippen LogP contribution in [0.5, 0.6) is 0 Å². The predicted octanol–water partition coefficient (Wildman–Crippen LogP) is 1.88. The quantitative estimate of drug-likeness (QED) is 0.766. The van der Waals surface area contributed by atoms with Crippen LogP contribution in [0.2, 0.25) is 0 Å². The zero-order chi connectivity index (χ0) is 19.0. The molecule has 1 aromatic carbocycles. The van der Waals surface area contributed by atoms with Crippen molar-refractivity contribution in [3.8, 4) is 0 Å². The van der Waals surface area contributed by atoms with Crippen molar-refractivity contribution >= 4 is 22.7 Å². The number of aryl methyl sites for hydroxylation is 1. The van der Waals surface area contributed by atoms with E-state index < -0.39 is 5.91 Å². The first-order valence-electron chi connectivity index (χ1n) is 9.17. The van der Waals surface area contributed by atoms with E-state index in [-0.39, 0.29) is 18.4 Å². The molecule has 0 spiro atoms. The first kappa shape index (κ1) is 17.3. The summed E-state index contributed by atoms with van der Waals surface area (Å²) in [5.74, 6) is 0.565. The Kier molecular flexibility index (Phi) is 4.43. The standard InChI is InChI=1S/C20H23N5O2/c1-23-16-7-3-2-5-14(16)11-17(23)20(27)25-9-4-6-15(12-25)19-22-8-10-24(19)13-18(21)26/h2-3,5,7-8,10-11,15H,4,6,9,12-13H2,1H3,(H2,21,26)/t15-/m0/s1. The maximum Gasteiger partial charge on any atom is 0.270 e. The van der Waals surface area contributed by atoms with Gasteiger partial charge in [0.15, 0.2) is 0 Å². The van der Waals surface area contributed by atoms with Gasteiger partial charge in [0.1, 0.15) is 18.1 Å². The lowest BCUT2D eigenvalue weighted by Gasteiger charge is -2.32. The molecule has 0 saturated carbocycles. The van der Waals surface area contributed by atoms with E-state index in [4.69, 9.17) is 5.73 Å². The third-order valence-corrected chi connectivity index (χ3v) is 5.32. The van der Waals surface area contributed by atoms with E-state index in [9.17, 15) is 9.59 Å². The van der Waals surface area contributed by atoms with Crippen molar-refractivity contribution < 1.29 is 9.59 Å². The summed E-state index contributed by atoms with van der Waals surface area (Å²) in [6.07, 6.45) is 5.30. The number of nitrogens with zero attached hydrogens (tertiary/aromatic N) is 4. The van der Waals surface area contributed by atoms with Crippen LogP contribution in [0.1, 0.15) is 35.1 Å². The van der Waals surface area contributed by atoms with Crippen LogP contribution in [0.25, 0.3) is 10.9 Å². The summed E-state index contributed by atoms with van der Waals surface area (Å²) in [5, 5.41) is 1.06. The van der Waals surface area contributed by atoms with Crippen LogP contribution in [-0.2, 0) is 18.4 Å². The average molecular weight is 365 g/mol. The van der Waals surface area contributed by atoms with Crippen LogP contribution in [0.3, 0.4) is 0 Å². The van der Waals surface area contributed by atoms with E-state index in [1.165, 1.54) is 0 Å². The molecule has 0 radical (unpaired) electrons. The number of benzene rings is 1. The molecule has 1 fully saturated rings. The minimum atomic E-state index is -0.395. The van der Waals surface area contributed by atoms with Gasteiger partial charge in [-0.3, -0.25) is 9.59 Å². The monoisotopic (exact) mass is 365 g/mol. The van der Waals surface area contributed by atoms with Crippen LogP contribution >= 0.6 is 0 Å². The molecule has 1 atom stereocenters. The molecule has 1 aliphatic heterocycles. The number of primary amides is 1. The van der Waals surface area contributed by atoms with Gasteiger partial charge in [0.25, 0.3) is 5.91 Å². The van der Waals surface area contributed by atoms with Gasteiger partial charge in [0, 0.05) is 49.4 Å². The van der Waals surface area contributed by atoms with Crippen molar-refractivity contribution in [3.63, 3.8) is 0 Å². The highest BCUT2D eigenvalue weighted by atomic mass is 16.2. The van der Waals surface area contributed by atoms with Gasteiger partial charge >= 0.3 is 0 Å². The van der Waals surface area contributed by atoms with Crippen molar-refractivity contribution in [3.05, 3.63) is 54.2 Å². The second kappa shape index (κ2) is 6.90. The minimum Gasteiger partial charge on any atom is -0.368 e. The number of carbonyl (C=O) groups excluding carboxylic acids is 2. The molecular weight excluding hydrogens is 342 g/mol. The molecule has 3 heterocycles. The Morgan fingerprint density at radius 3 is 2.89 bits per heavy atom. The van der Waals surface area contributed by atoms with Gasteiger partial charge in [-0.1, -0.05) is 18.2 Å². The highest BCUT2D eigenvalue weighted by Gasteiger charge is 2.29. The number of rotatable bonds is 4. The number of nitrogens with two attached hydrogens (primary N) is 1. The molecular formula is C20H23N5O2. The number of likely N-dealkylation sites (tertiary alicyclic amines) is 1. The van der Waals surface area contributed by atoms with Crippen molar-refractivity contribution in [2.75, 3.05) is 13.1 Å². The molecule has 4 rings (SSSR count). The fourth-order valence-electron chi connectivity index (χ4n) is 4.01. The number of imidazole rings is 1. The Hall–Kier alpha value is -3.09. The number of fused-ring (bicyclic) bond motifs is 1. The van der Waals surface area contributed by atoms with Crippen LogP contribution in [-0.4, -0.2) is 43.9 Å². The molecule has 0 bridgehead atoms. The van der Waals surface area contributed by atoms with E-state index in [1.807, 2.05) is 46.8 Å². The number of hydrogen-bond donors (Lipinski definition) is 1. The molecule has 0 unspecified atom stereocenters. The van der Waals surface area contributed by atoms with Crippen molar-refractivity contribution in [1.82, 2.24) is 19.0 Å². The molecule has 1 aliphatic rings. The van der Waals surface area contributed by atoms with Crippen LogP contribution in [0.15, 0.2) is 42.7 Å². The van der Waals surface area contributed by atoms with Gasteiger partial charge in [0.2, 0.25) is 5.91 Å². The van der Waals surface area contributed by atoms with Crippen LogP contribution in [0, 0.1) is 0 Å². The van der Waals surface area contributed by atoms with Crippen LogP contribution in [0.4, 0.5) is 0 Å². The Morgan fingerprint density at radius 1 is 1.30 bits per heavy atom. The summed E-state index contributed by atoms with van der Waals surface area (Å²) < 4.78 is 3.74. The molecule has 27 heavy (non-hydrogen) atoms. The topological polar surface area (TPSA) is 86.2 Å². The maximum absolute atomic E-state index is 13.2. The smallest absolute Gasteiger partial charge is 0.270 e. The molecule has 2 aromatic heterocycles. The van der Waals surface area contributed by atoms with E-state index in [2.05, 4.69) is 4.98 Å². The zero-order valence-electron chi connectivity index (χ0n) is 15.3. The molecule has 0 aliphatic carbocycles. The maximum atomic E-state index is 13.2. The number of hydrogen-bond acceptors (Lipinski definition) is 3. The molecule has 7 nitrogen and oxygen atoms in total. The normalized spacial score (nSPS) is 17.4. The molecule has 2 amide bonds. The number of carbonyl (C=O) groups is 2. The first-order chi connectivity index (χ1) is 13.0. The third kappa shape index (κ3) is 3.20. The van der Waals surface area contributed by atoms with Gasteiger partial charge < -0.3 is 19.8 Å². The minimum absolute atomic E-state index is 0.0337. The Labute approximate surface area is 157 Å². The molecule has 1 saturated heterocycles. The lowest BCUT2D eigenvalue weighted by molar-refractivity contribution is -0.118. The summed E-state index contributed by atoms with van der Waals surface area (Å²) in [7, 11) is 1.93. The zero-order valence-corrected chi connectivity index (χ0v) is 15.3. The predicted molar refractivity (Wildman–Crippen MR) is 102 cm³/mol. The highest BCUT2D eigenvalue weighted by molar-refractivity contribution is 5.98. The van der Waals surface area contributed by atoms with Crippen LogP contribution < -0.4 is 5.73 Å². The largest absolute Gasteiger partial charge is 0.368 e. The van der Waals surface area contributed by atoms with Gasteiger partial charge in [-0.25, -0.2) is 4.98 Å². The van der Waals surface area contributed by atoms with Crippen molar-refractivity contribution in [1.29, 1.82) is 0 Å². The summed E-state index contributed by atoms with van der Waals surface area (Å²) in [6.45, 7) is 1.44. The highest BCUT2D eigenvalue weighted by Crippen LogP contribution is 2.28. The molecule has 3 aromatic rings. The molecule has 2 N–H and O–H groups in total. The van der Waals surface area contributed by atoms with E-state index >= 15 is 0 Å².